The van der Waals surface area contributed by atoms with Crippen LogP contribution in [0.15, 0.2) is 77.7 Å². The van der Waals surface area contributed by atoms with Crippen LogP contribution in [-0.4, -0.2) is 14.3 Å². The van der Waals surface area contributed by atoms with E-state index in [0.717, 1.165) is 0 Å². The van der Waals surface area contributed by atoms with Crippen molar-refractivity contribution in [3.8, 4) is 0 Å². The van der Waals surface area contributed by atoms with Crippen LogP contribution in [0.4, 0.5) is 15.8 Å². The monoisotopic (exact) mass is 404 g/mol. The van der Waals surface area contributed by atoms with Gasteiger partial charge in [-0.25, -0.2) is 12.8 Å². The summed E-state index contributed by atoms with van der Waals surface area (Å²) in [6.07, 6.45) is 0. The number of benzene rings is 3. The summed E-state index contributed by atoms with van der Waals surface area (Å²) in [5.41, 5.74) is 0.789. The van der Waals surface area contributed by atoms with Crippen molar-refractivity contribution in [3.05, 3.63) is 89.2 Å². The Morgan fingerprint density at radius 3 is 2.15 bits per heavy atom. The van der Waals surface area contributed by atoms with Crippen LogP contribution in [0.25, 0.3) is 0 Å². The van der Waals surface area contributed by atoms with Crippen molar-refractivity contribution in [1.29, 1.82) is 0 Å². The minimum atomic E-state index is -3.76. The molecule has 8 heteroatoms. The number of amides is 1. The molecule has 0 radical (unpaired) electrons. The Morgan fingerprint density at radius 1 is 0.889 bits per heavy atom. The van der Waals surface area contributed by atoms with E-state index in [1.165, 1.54) is 54.6 Å². The van der Waals surface area contributed by atoms with E-state index >= 15 is 0 Å². The van der Waals surface area contributed by atoms with Gasteiger partial charge in [0.25, 0.3) is 15.9 Å². The van der Waals surface area contributed by atoms with E-state index in [1.54, 1.807) is 18.2 Å². The van der Waals surface area contributed by atoms with Gasteiger partial charge in [-0.3, -0.25) is 9.52 Å². The predicted octanol–water partition coefficient (Wildman–Crippen LogP) is 4.53. The number of carbonyl (C=O) groups excluding carboxylic acids is 1. The standard InChI is InChI=1S/C19H14ClFN2O3S/c20-18-12-15(23-27(25,26)16-4-2-1-3-5-16)10-11-17(18)19(24)22-14-8-6-13(21)7-9-14/h1-12,23H,(H,22,24). The molecule has 0 saturated carbocycles. The number of sulfonamides is 1. The molecule has 3 rings (SSSR count). The van der Waals surface area contributed by atoms with Crippen LogP contribution in [-0.2, 0) is 10.0 Å². The first-order chi connectivity index (χ1) is 12.8. The van der Waals surface area contributed by atoms with Gasteiger partial charge in [0.15, 0.2) is 0 Å². The summed E-state index contributed by atoms with van der Waals surface area (Å²) >= 11 is 6.13. The number of anilines is 2. The van der Waals surface area contributed by atoms with Crippen molar-refractivity contribution in [2.24, 2.45) is 0 Å². The minimum Gasteiger partial charge on any atom is -0.322 e. The molecular weight excluding hydrogens is 391 g/mol. The Hall–Kier alpha value is -2.90. The van der Waals surface area contributed by atoms with Crippen LogP contribution in [0.2, 0.25) is 5.02 Å². The molecule has 0 aliphatic heterocycles. The Balaban J connectivity index is 1.77. The van der Waals surface area contributed by atoms with Crippen LogP contribution >= 0.6 is 11.6 Å². The molecule has 27 heavy (non-hydrogen) atoms. The number of carbonyl (C=O) groups is 1. The Labute approximate surface area is 160 Å². The molecule has 0 aromatic heterocycles. The molecule has 3 aromatic rings. The fourth-order valence-electron chi connectivity index (χ4n) is 2.31. The van der Waals surface area contributed by atoms with Gasteiger partial charge in [0, 0.05) is 5.69 Å². The van der Waals surface area contributed by atoms with E-state index in [0.29, 0.717) is 5.69 Å². The lowest BCUT2D eigenvalue weighted by Crippen LogP contribution is -2.14. The summed E-state index contributed by atoms with van der Waals surface area (Å²) in [5, 5.41) is 2.66. The van der Waals surface area contributed by atoms with Gasteiger partial charge in [0.2, 0.25) is 0 Å². The zero-order valence-corrected chi connectivity index (χ0v) is 15.4. The molecule has 0 heterocycles. The number of rotatable bonds is 5. The molecule has 2 N–H and O–H groups in total. The van der Waals surface area contributed by atoms with Gasteiger partial charge in [-0.2, -0.15) is 0 Å². The second-order valence-corrected chi connectivity index (χ2v) is 7.66. The van der Waals surface area contributed by atoms with Gasteiger partial charge in [0.1, 0.15) is 5.82 Å². The summed E-state index contributed by atoms with van der Waals surface area (Å²) in [6.45, 7) is 0. The lowest BCUT2D eigenvalue weighted by atomic mass is 10.2. The molecule has 138 valence electrons. The summed E-state index contributed by atoms with van der Waals surface area (Å²) in [7, 11) is -3.76. The van der Waals surface area contributed by atoms with Gasteiger partial charge < -0.3 is 5.32 Å². The average molecular weight is 405 g/mol. The molecule has 5 nitrogen and oxygen atoms in total. The van der Waals surface area contributed by atoms with Gasteiger partial charge in [-0.15, -0.1) is 0 Å². The Morgan fingerprint density at radius 2 is 1.52 bits per heavy atom. The van der Waals surface area contributed by atoms with Crippen molar-refractivity contribution < 1.29 is 17.6 Å². The van der Waals surface area contributed by atoms with E-state index in [9.17, 15) is 17.6 Å². The highest BCUT2D eigenvalue weighted by molar-refractivity contribution is 7.92. The highest BCUT2D eigenvalue weighted by atomic mass is 35.5. The van der Waals surface area contributed by atoms with Crippen LogP contribution in [0.5, 0.6) is 0 Å². The van der Waals surface area contributed by atoms with E-state index in [4.69, 9.17) is 11.6 Å². The summed E-state index contributed by atoms with van der Waals surface area (Å²) in [4.78, 5) is 12.4. The third kappa shape index (κ3) is 4.64. The van der Waals surface area contributed by atoms with E-state index in [-0.39, 0.29) is 21.2 Å². The SMILES string of the molecule is O=C(Nc1ccc(F)cc1)c1ccc(NS(=O)(=O)c2ccccc2)cc1Cl. The second-order valence-electron chi connectivity index (χ2n) is 5.57. The van der Waals surface area contributed by atoms with Gasteiger partial charge in [0.05, 0.1) is 21.2 Å². The zero-order chi connectivity index (χ0) is 19.4. The van der Waals surface area contributed by atoms with Gasteiger partial charge in [-0.05, 0) is 54.6 Å². The van der Waals surface area contributed by atoms with E-state index in [2.05, 4.69) is 10.0 Å². The molecular formula is C19H14ClFN2O3S. The highest BCUT2D eigenvalue weighted by Gasteiger charge is 2.16. The lowest BCUT2D eigenvalue weighted by molar-refractivity contribution is 0.102. The van der Waals surface area contributed by atoms with Crippen molar-refractivity contribution in [2.75, 3.05) is 10.0 Å². The number of hydrogen-bond donors (Lipinski definition) is 2. The normalized spacial score (nSPS) is 11.0. The first-order valence-electron chi connectivity index (χ1n) is 7.79. The molecule has 1 amide bonds. The molecule has 0 saturated heterocycles. The zero-order valence-electron chi connectivity index (χ0n) is 13.8. The van der Waals surface area contributed by atoms with Crippen molar-refractivity contribution in [3.63, 3.8) is 0 Å². The van der Waals surface area contributed by atoms with Crippen LogP contribution < -0.4 is 10.0 Å². The molecule has 0 spiro atoms. The topological polar surface area (TPSA) is 75.3 Å². The van der Waals surface area contributed by atoms with Crippen molar-refractivity contribution >= 4 is 38.9 Å². The molecule has 0 fully saturated rings. The maximum absolute atomic E-state index is 12.9. The molecule has 0 aliphatic rings. The lowest BCUT2D eigenvalue weighted by Gasteiger charge is -2.11. The maximum Gasteiger partial charge on any atom is 0.261 e. The minimum absolute atomic E-state index is 0.0721. The van der Waals surface area contributed by atoms with Crippen molar-refractivity contribution in [1.82, 2.24) is 0 Å². The average Bonchev–Trinajstić information content (AvgIpc) is 2.64. The summed E-state index contributed by atoms with van der Waals surface area (Å²) in [5.74, 6) is -0.912. The van der Waals surface area contributed by atoms with Crippen LogP contribution in [0.3, 0.4) is 0 Å². The van der Waals surface area contributed by atoms with Gasteiger partial charge >= 0.3 is 0 Å². The highest BCUT2D eigenvalue weighted by Crippen LogP contribution is 2.24. The number of hydrogen-bond acceptors (Lipinski definition) is 3. The first-order valence-corrected chi connectivity index (χ1v) is 9.65. The van der Waals surface area contributed by atoms with Gasteiger partial charge in [-0.1, -0.05) is 29.8 Å². The summed E-state index contributed by atoms with van der Waals surface area (Å²) in [6, 6.07) is 17.4. The fourth-order valence-corrected chi connectivity index (χ4v) is 3.65. The molecule has 0 aliphatic carbocycles. The molecule has 3 aromatic carbocycles. The maximum atomic E-state index is 12.9. The molecule has 0 bridgehead atoms. The molecule has 0 atom stereocenters. The Bertz CT molecular complexity index is 1070. The predicted molar refractivity (Wildman–Crippen MR) is 103 cm³/mol. The number of nitrogens with one attached hydrogen (secondary N) is 2. The van der Waals surface area contributed by atoms with E-state index in [1.807, 2.05) is 0 Å². The first kappa shape index (κ1) is 18.9. The Kier molecular flexibility index (Phi) is 5.43. The molecule has 0 unspecified atom stereocenters. The van der Waals surface area contributed by atoms with Crippen LogP contribution in [0, 0.1) is 5.82 Å². The summed E-state index contributed by atoms with van der Waals surface area (Å²) < 4.78 is 40.0. The third-order valence-corrected chi connectivity index (χ3v) is 5.33. The smallest absolute Gasteiger partial charge is 0.261 e. The fraction of sp³-hybridized carbons (Fsp3) is 0. The second kappa shape index (κ2) is 7.77. The van der Waals surface area contributed by atoms with Crippen molar-refractivity contribution in [2.45, 2.75) is 4.90 Å². The quantitative estimate of drug-likeness (QED) is 0.655. The van der Waals surface area contributed by atoms with Crippen LogP contribution in [0.1, 0.15) is 10.4 Å². The third-order valence-electron chi connectivity index (χ3n) is 3.62. The number of halogens is 2. The van der Waals surface area contributed by atoms with E-state index < -0.39 is 21.7 Å². The largest absolute Gasteiger partial charge is 0.322 e.